The van der Waals surface area contributed by atoms with Crippen LogP contribution in [0.5, 0.6) is 0 Å². The van der Waals surface area contributed by atoms with Crippen molar-refractivity contribution in [3.63, 3.8) is 0 Å². The standard InChI is InChI=1S/C26H35Cl2N5O4/c1-5-10-29-25(35)32-13-12-31(15-17(32)4)16-21-22(24(34)37-7-3)23(30-26(36)33(21)11-6-2)19-9-8-18(27)14-20(19)28/h6,8-9,14,17,23H,2,5,7,10-13,15-16H2,1,3-4H3,(H,29,35)(H,30,36)/t17-,23-/m0/s1. The van der Waals surface area contributed by atoms with E-state index in [4.69, 9.17) is 27.9 Å². The van der Waals surface area contributed by atoms with E-state index in [-0.39, 0.29) is 31.3 Å². The van der Waals surface area contributed by atoms with Gasteiger partial charge in [0.25, 0.3) is 0 Å². The van der Waals surface area contributed by atoms with Gasteiger partial charge < -0.3 is 20.3 Å². The molecule has 37 heavy (non-hydrogen) atoms. The van der Waals surface area contributed by atoms with Gasteiger partial charge in [0.05, 0.1) is 18.2 Å². The summed E-state index contributed by atoms with van der Waals surface area (Å²) in [7, 11) is 0. The molecule has 11 heteroatoms. The Bertz CT molecular complexity index is 1060. The average molecular weight is 553 g/mol. The molecular formula is C26H35Cl2N5O4. The third-order valence-corrected chi connectivity index (χ3v) is 6.95. The normalized spacial score (nSPS) is 20.5. The predicted molar refractivity (Wildman–Crippen MR) is 145 cm³/mol. The number of amides is 4. The second-order valence-corrected chi connectivity index (χ2v) is 9.88. The number of halogens is 2. The number of urea groups is 2. The van der Waals surface area contributed by atoms with Crippen LogP contribution in [0.1, 0.15) is 38.8 Å². The molecular weight excluding hydrogens is 517 g/mol. The number of carbonyl (C=O) groups is 3. The first kappa shape index (κ1) is 28.8. The third kappa shape index (κ3) is 6.77. The predicted octanol–water partition coefficient (Wildman–Crippen LogP) is 4.19. The van der Waals surface area contributed by atoms with Gasteiger partial charge in [-0.25, -0.2) is 14.4 Å². The molecule has 2 N–H and O–H groups in total. The summed E-state index contributed by atoms with van der Waals surface area (Å²) >= 11 is 12.6. The van der Waals surface area contributed by atoms with Crippen molar-refractivity contribution in [3.05, 3.63) is 57.7 Å². The first-order valence-electron chi connectivity index (χ1n) is 12.5. The summed E-state index contributed by atoms with van der Waals surface area (Å²) in [6.45, 7) is 12.5. The molecule has 2 aliphatic rings. The summed E-state index contributed by atoms with van der Waals surface area (Å²) in [6.07, 6.45) is 2.47. The first-order valence-corrected chi connectivity index (χ1v) is 13.3. The molecule has 2 heterocycles. The molecule has 1 aromatic carbocycles. The number of hydrogen-bond donors (Lipinski definition) is 2. The minimum Gasteiger partial charge on any atom is -0.463 e. The van der Waals surface area contributed by atoms with Gasteiger partial charge in [-0.1, -0.05) is 42.3 Å². The Labute approximate surface area is 228 Å². The maximum atomic E-state index is 13.3. The number of nitrogens with zero attached hydrogens (tertiary/aromatic N) is 3. The zero-order valence-electron chi connectivity index (χ0n) is 21.6. The zero-order chi connectivity index (χ0) is 27.1. The Morgan fingerprint density at radius 2 is 2.03 bits per heavy atom. The van der Waals surface area contributed by atoms with Gasteiger partial charge in [0, 0.05) is 61.1 Å². The number of carbonyl (C=O) groups excluding carboxylic acids is 3. The van der Waals surface area contributed by atoms with Gasteiger partial charge in [0.1, 0.15) is 0 Å². The number of nitrogens with one attached hydrogen (secondary N) is 2. The van der Waals surface area contributed by atoms with E-state index in [0.29, 0.717) is 59.6 Å². The molecule has 4 amide bonds. The van der Waals surface area contributed by atoms with E-state index in [9.17, 15) is 14.4 Å². The molecule has 202 valence electrons. The third-order valence-electron chi connectivity index (χ3n) is 6.39. The second kappa shape index (κ2) is 13.2. The van der Waals surface area contributed by atoms with Crippen LogP contribution in [0.15, 0.2) is 42.1 Å². The van der Waals surface area contributed by atoms with Crippen LogP contribution in [-0.2, 0) is 9.53 Å². The molecule has 0 radical (unpaired) electrons. The lowest BCUT2D eigenvalue weighted by Crippen LogP contribution is -2.58. The lowest BCUT2D eigenvalue weighted by atomic mass is 9.93. The molecule has 0 aromatic heterocycles. The minimum absolute atomic E-state index is 0.0518. The maximum Gasteiger partial charge on any atom is 0.338 e. The number of piperazine rings is 1. The average Bonchev–Trinajstić information content (AvgIpc) is 2.84. The number of benzene rings is 1. The Morgan fingerprint density at radius 3 is 2.65 bits per heavy atom. The van der Waals surface area contributed by atoms with Crippen LogP contribution >= 0.6 is 23.2 Å². The number of esters is 1. The number of hydrogen-bond acceptors (Lipinski definition) is 5. The van der Waals surface area contributed by atoms with Crippen LogP contribution in [0.25, 0.3) is 0 Å². The van der Waals surface area contributed by atoms with Gasteiger partial charge in [-0.3, -0.25) is 9.80 Å². The van der Waals surface area contributed by atoms with E-state index in [1.54, 1.807) is 31.2 Å². The Hall–Kier alpha value is -2.75. The molecule has 1 aromatic rings. The fourth-order valence-corrected chi connectivity index (χ4v) is 5.16. The van der Waals surface area contributed by atoms with Crippen molar-refractivity contribution in [1.82, 2.24) is 25.3 Å². The molecule has 9 nitrogen and oxygen atoms in total. The van der Waals surface area contributed by atoms with Crippen LogP contribution in [-0.4, -0.2) is 84.6 Å². The molecule has 2 aliphatic heterocycles. The molecule has 1 fully saturated rings. The van der Waals surface area contributed by atoms with Crippen molar-refractivity contribution < 1.29 is 19.1 Å². The molecule has 2 atom stereocenters. The van der Waals surface area contributed by atoms with E-state index in [1.807, 2.05) is 18.7 Å². The lowest BCUT2D eigenvalue weighted by Gasteiger charge is -2.42. The number of ether oxygens (including phenoxy) is 1. The molecule has 3 rings (SSSR count). The fourth-order valence-electron chi connectivity index (χ4n) is 4.64. The SMILES string of the molecule is C=CCN1C(=O)N[C@@H](c2ccc(Cl)cc2Cl)C(C(=O)OCC)=C1CN1CCN(C(=O)NCCC)[C@@H](C)C1. The largest absolute Gasteiger partial charge is 0.463 e. The second-order valence-electron chi connectivity index (χ2n) is 9.04. The van der Waals surface area contributed by atoms with E-state index in [2.05, 4.69) is 22.1 Å². The van der Waals surface area contributed by atoms with Crippen LogP contribution in [0, 0.1) is 0 Å². The Kier molecular flexibility index (Phi) is 10.3. The van der Waals surface area contributed by atoms with E-state index >= 15 is 0 Å². The highest BCUT2D eigenvalue weighted by Crippen LogP contribution is 2.36. The van der Waals surface area contributed by atoms with Crippen molar-refractivity contribution in [2.45, 2.75) is 39.3 Å². The Balaban J connectivity index is 1.99. The topological polar surface area (TPSA) is 94.2 Å². The summed E-state index contributed by atoms with van der Waals surface area (Å²) in [5.41, 5.74) is 1.38. The van der Waals surface area contributed by atoms with Crippen molar-refractivity contribution in [3.8, 4) is 0 Å². The van der Waals surface area contributed by atoms with Gasteiger partial charge in [-0.15, -0.1) is 6.58 Å². The van der Waals surface area contributed by atoms with Crippen molar-refractivity contribution in [2.75, 3.05) is 45.9 Å². The van der Waals surface area contributed by atoms with Gasteiger partial charge >= 0.3 is 18.0 Å². The van der Waals surface area contributed by atoms with Crippen LogP contribution in [0.2, 0.25) is 10.0 Å². The molecule has 1 saturated heterocycles. The molecule has 0 bridgehead atoms. The smallest absolute Gasteiger partial charge is 0.338 e. The van der Waals surface area contributed by atoms with E-state index in [1.165, 1.54) is 4.90 Å². The van der Waals surface area contributed by atoms with Gasteiger partial charge in [0.2, 0.25) is 0 Å². The molecule has 0 spiro atoms. The highest BCUT2D eigenvalue weighted by molar-refractivity contribution is 6.35. The van der Waals surface area contributed by atoms with Crippen molar-refractivity contribution in [2.24, 2.45) is 0 Å². The van der Waals surface area contributed by atoms with Gasteiger partial charge in [-0.05, 0) is 38.0 Å². The van der Waals surface area contributed by atoms with E-state index in [0.717, 1.165) is 6.42 Å². The highest BCUT2D eigenvalue weighted by Gasteiger charge is 2.40. The zero-order valence-corrected chi connectivity index (χ0v) is 23.1. The molecule has 0 saturated carbocycles. The summed E-state index contributed by atoms with van der Waals surface area (Å²) in [4.78, 5) is 44.6. The minimum atomic E-state index is -0.814. The lowest BCUT2D eigenvalue weighted by molar-refractivity contribution is -0.139. The van der Waals surface area contributed by atoms with Gasteiger partial charge in [0.15, 0.2) is 0 Å². The molecule has 0 aliphatic carbocycles. The Morgan fingerprint density at radius 1 is 1.27 bits per heavy atom. The van der Waals surface area contributed by atoms with Crippen molar-refractivity contribution in [1.29, 1.82) is 0 Å². The first-order chi connectivity index (χ1) is 17.7. The fraction of sp³-hybridized carbons (Fsp3) is 0.500. The summed E-state index contributed by atoms with van der Waals surface area (Å²) in [5, 5.41) is 6.61. The quantitative estimate of drug-likeness (QED) is 0.354. The maximum absolute atomic E-state index is 13.3. The molecule has 0 unspecified atom stereocenters. The summed E-state index contributed by atoms with van der Waals surface area (Å²) in [6, 6.07) is 3.62. The van der Waals surface area contributed by atoms with Crippen LogP contribution in [0.4, 0.5) is 9.59 Å². The highest BCUT2D eigenvalue weighted by atomic mass is 35.5. The summed E-state index contributed by atoms with van der Waals surface area (Å²) < 4.78 is 5.44. The van der Waals surface area contributed by atoms with E-state index < -0.39 is 12.0 Å². The number of rotatable bonds is 9. The van der Waals surface area contributed by atoms with Crippen LogP contribution in [0.3, 0.4) is 0 Å². The monoisotopic (exact) mass is 551 g/mol. The van der Waals surface area contributed by atoms with Gasteiger partial charge in [-0.2, -0.15) is 0 Å². The van der Waals surface area contributed by atoms with Crippen LogP contribution < -0.4 is 10.6 Å². The van der Waals surface area contributed by atoms with Crippen molar-refractivity contribution >= 4 is 41.2 Å². The summed E-state index contributed by atoms with van der Waals surface area (Å²) in [5.74, 6) is -0.534.